The number of nitro groups is 1. The summed E-state index contributed by atoms with van der Waals surface area (Å²) >= 11 is 0. The minimum atomic E-state index is -1.07. The van der Waals surface area contributed by atoms with Gasteiger partial charge in [-0.15, -0.1) is 0 Å². The predicted molar refractivity (Wildman–Crippen MR) is 77.5 cm³/mol. The Balaban J connectivity index is 2.06. The van der Waals surface area contributed by atoms with Crippen LogP contribution in [0.15, 0.2) is 24.4 Å². The average molecular weight is 302 g/mol. The third-order valence-electron chi connectivity index (χ3n) is 3.91. The molecule has 1 aliphatic rings. The molecule has 8 heteroatoms. The van der Waals surface area contributed by atoms with Gasteiger partial charge in [-0.25, -0.2) is 4.79 Å². The van der Waals surface area contributed by atoms with Gasteiger partial charge in [0.05, 0.1) is 11.0 Å². The Morgan fingerprint density at radius 1 is 1.55 bits per heavy atom. The van der Waals surface area contributed by atoms with E-state index < -0.39 is 11.0 Å². The Bertz CT molecular complexity index is 768. The summed E-state index contributed by atoms with van der Waals surface area (Å²) in [5.74, 6) is 0. The number of amides is 1. The second kappa shape index (κ2) is 5.14. The van der Waals surface area contributed by atoms with Crippen molar-refractivity contribution in [1.82, 2.24) is 15.1 Å². The van der Waals surface area contributed by atoms with E-state index in [2.05, 4.69) is 10.4 Å². The highest BCUT2D eigenvalue weighted by molar-refractivity contribution is 5.72. The van der Waals surface area contributed by atoms with Crippen molar-refractivity contribution in [3.63, 3.8) is 0 Å². The van der Waals surface area contributed by atoms with Crippen LogP contribution in [0.4, 0.5) is 10.5 Å². The highest BCUT2D eigenvalue weighted by Gasteiger charge is 2.27. The van der Waals surface area contributed by atoms with Crippen LogP contribution in [0.3, 0.4) is 0 Å². The van der Waals surface area contributed by atoms with Crippen molar-refractivity contribution in [2.45, 2.75) is 18.9 Å². The Labute approximate surface area is 125 Å². The average Bonchev–Trinajstić information content (AvgIpc) is 3.02. The lowest BCUT2D eigenvalue weighted by atomic mass is 10.0. The maximum Gasteiger partial charge on any atom is 0.405 e. The second-order valence-corrected chi connectivity index (χ2v) is 5.21. The number of fused-ring (bicyclic) bond motifs is 1. The van der Waals surface area contributed by atoms with Gasteiger partial charge >= 0.3 is 11.8 Å². The predicted octanol–water partition coefficient (Wildman–Crippen LogP) is 2.25. The fourth-order valence-corrected chi connectivity index (χ4v) is 2.94. The summed E-state index contributed by atoms with van der Waals surface area (Å²) < 4.78 is 1.45. The van der Waals surface area contributed by atoms with Crippen LogP contribution in [-0.2, 0) is 13.5 Å². The van der Waals surface area contributed by atoms with Gasteiger partial charge in [-0.2, -0.15) is 5.10 Å². The number of hydrogen-bond donors (Lipinski definition) is 2. The Hall–Kier alpha value is -2.90. The van der Waals surface area contributed by atoms with Gasteiger partial charge < -0.3 is 10.4 Å². The molecule has 114 valence electrons. The van der Waals surface area contributed by atoms with Crippen molar-refractivity contribution < 1.29 is 14.8 Å². The summed E-state index contributed by atoms with van der Waals surface area (Å²) in [6.45, 7) is 0. The zero-order valence-electron chi connectivity index (χ0n) is 11.8. The molecule has 3 rings (SSSR count). The fourth-order valence-electron chi connectivity index (χ4n) is 2.94. The van der Waals surface area contributed by atoms with Gasteiger partial charge in [0.2, 0.25) is 0 Å². The molecule has 0 spiro atoms. The zero-order valence-corrected chi connectivity index (χ0v) is 11.8. The number of carbonyl (C=O) groups is 1. The molecule has 1 aromatic carbocycles. The largest absolute Gasteiger partial charge is 0.465 e. The van der Waals surface area contributed by atoms with Crippen molar-refractivity contribution in [1.29, 1.82) is 0 Å². The van der Waals surface area contributed by atoms with Crippen LogP contribution in [0.1, 0.15) is 23.6 Å². The van der Waals surface area contributed by atoms with E-state index >= 15 is 0 Å². The highest BCUT2D eigenvalue weighted by atomic mass is 16.6. The summed E-state index contributed by atoms with van der Waals surface area (Å²) in [6.07, 6.45) is 1.62. The van der Waals surface area contributed by atoms with Crippen LogP contribution in [0, 0.1) is 10.1 Å². The molecule has 1 unspecified atom stereocenters. The van der Waals surface area contributed by atoms with E-state index in [1.807, 2.05) is 18.2 Å². The van der Waals surface area contributed by atoms with Crippen LogP contribution in [0.5, 0.6) is 0 Å². The molecule has 0 bridgehead atoms. The Morgan fingerprint density at radius 2 is 2.32 bits per heavy atom. The van der Waals surface area contributed by atoms with E-state index in [1.54, 1.807) is 7.05 Å². The van der Waals surface area contributed by atoms with E-state index in [-0.39, 0.29) is 11.7 Å². The van der Waals surface area contributed by atoms with Crippen LogP contribution < -0.4 is 5.32 Å². The lowest BCUT2D eigenvalue weighted by Crippen LogP contribution is -2.24. The molecule has 1 aromatic heterocycles. The Kier molecular flexibility index (Phi) is 3.28. The highest BCUT2D eigenvalue weighted by Crippen LogP contribution is 2.36. The van der Waals surface area contributed by atoms with Crippen LogP contribution in [0.2, 0.25) is 0 Å². The summed E-state index contributed by atoms with van der Waals surface area (Å²) in [4.78, 5) is 21.5. The molecule has 2 aromatic rings. The number of nitrogens with one attached hydrogen (secondary N) is 1. The molecular formula is C14H14N4O4. The molecule has 8 nitrogen and oxygen atoms in total. The minimum Gasteiger partial charge on any atom is -0.465 e. The van der Waals surface area contributed by atoms with Gasteiger partial charge in [0.25, 0.3) is 0 Å². The normalized spacial score (nSPS) is 16.3. The van der Waals surface area contributed by atoms with Crippen LogP contribution in [-0.4, -0.2) is 25.9 Å². The lowest BCUT2D eigenvalue weighted by molar-refractivity contribution is -0.384. The number of aryl methyl sites for hydroxylation is 2. The number of rotatable bonds is 3. The topological polar surface area (TPSA) is 110 Å². The fraction of sp³-hybridized carbons (Fsp3) is 0.286. The summed E-state index contributed by atoms with van der Waals surface area (Å²) in [6, 6.07) is 5.24. The van der Waals surface area contributed by atoms with Gasteiger partial charge in [-0.3, -0.25) is 14.8 Å². The van der Waals surface area contributed by atoms with E-state index in [0.717, 1.165) is 17.5 Å². The second-order valence-electron chi connectivity index (χ2n) is 5.21. The molecule has 0 radical (unpaired) electrons. The molecule has 2 N–H and O–H groups in total. The molecule has 0 saturated carbocycles. The maximum absolute atomic E-state index is 11.1. The number of benzene rings is 1. The first-order valence-corrected chi connectivity index (χ1v) is 6.76. The van der Waals surface area contributed by atoms with Gasteiger partial charge in [-0.05, 0) is 30.0 Å². The quantitative estimate of drug-likeness (QED) is 0.667. The van der Waals surface area contributed by atoms with Gasteiger partial charge in [-0.1, -0.05) is 12.1 Å². The van der Waals surface area contributed by atoms with Crippen molar-refractivity contribution in [2.24, 2.45) is 7.05 Å². The molecule has 0 aliphatic heterocycles. The molecular weight excluding hydrogens is 288 g/mol. The van der Waals surface area contributed by atoms with Crippen LogP contribution >= 0.6 is 0 Å². The molecule has 0 saturated heterocycles. The van der Waals surface area contributed by atoms with E-state index in [9.17, 15) is 14.9 Å². The zero-order chi connectivity index (χ0) is 15.9. The smallest absolute Gasteiger partial charge is 0.405 e. The summed E-state index contributed by atoms with van der Waals surface area (Å²) in [5, 5.41) is 26.4. The van der Waals surface area contributed by atoms with E-state index in [1.165, 1.54) is 10.9 Å². The van der Waals surface area contributed by atoms with E-state index in [4.69, 9.17) is 5.11 Å². The third-order valence-corrected chi connectivity index (χ3v) is 3.91. The molecule has 1 atom stereocenters. The van der Waals surface area contributed by atoms with Gasteiger partial charge in [0, 0.05) is 12.6 Å². The standard InChI is InChI=1S/C14H14N4O4/c1-17-13(12(7-15-17)18(21)22)9-3-2-8-4-5-11(10(8)6-9)16-14(19)20/h2-3,6-7,11,16H,4-5H2,1H3,(H,19,20). The molecule has 22 heavy (non-hydrogen) atoms. The van der Waals surface area contributed by atoms with Crippen molar-refractivity contribution in [3.05, 3.63) is 45.6 Å². The Morgan fingerprint density at radius 3 is 3.00 bits per heavy atom. The first kappa shape index (κ1) is 14.1. The van der Waals surface area contributed by atoms with Gasteiger partial charge in [0.1, 0.15) is 11.9 Å². The first-order chi connectivity index (χ1) is 10.5. The molecule has 1 aliphatic carbocycles. The molecule has 0 fully saturated rings. The molecule has 1 amide bonds. The monoisotopic (exact) mass is 302 g/mol. The number of carboxylic acid groups (broad SMARTS) is 1. The van der Waals surface area contributed by atoms with Gasteiger partial charge in [0.15, 0.2) is 0 Å². The van der Waals surface area contributed by atoms with Crippen molar-refractivity contribution >= 4 is 11.8 Å². The molecule has 1 heterocycles. The first-order valence-electron chi connectivity index (χ1n) is 6.76. The van der Waals surface area contributed by atoms with Crippen molar-refractivity contribution in [2.75, 3.05) is 0 Å². The minimum absolute atomic E-state index is 0.0665. The van der Waals surface area contributed by atoms with Crippen molar-refractivity contribution in [3.8, 4) is 11.3 Å². The summed E-state index contributed by atoms with van der Waals surface area (Å²) in [5.41, 5.74) is 2.93. The number of nitrogens with zero attached hydrogens (tertiary/aromatic N) is 3. The van der Waals surface area contributed by atoms with Crippen LogP contribution in [0.25, 0.3) is 11.3 Å². The number of hydrogen-bond acceptors (Lipinski definition) is 4. The SMILES string of the molecule is Cn1ncc([N+](=O)[O-])c1-c1ccc2c(c1)C(NC(=O)O)CC2. The third kappa shape index (κ3) is 2.28. The maximum atomic E-state index is 11.1. The van der Waals surface area contributed by atoms with E-state index in [0.29, 0.717) is 17.7 Å². The summed E-state index contributed by atoms with van der Waals surface area (Å²) in [7, 11) is 1.64. The number of aromatic nitrogens is 2. The lowest BCUT2D eigenvalue weighted by Gasteiger charge is -2.12.